The summed E-state index contributed by atoms with van der Waals surface area (Å²) in [6.45, 7) is 7.05. The molecule has 1 aromatic carbocycles. The Bertz CT molecular complexity index is 584. The first kappa shape index (κ1) is 19.4. The smallest absolute Gasteiger partial charge is 0.240 e. The molecule has 4 nitrogen and oxygen atoms in total. The number of rotatable bonds is 9. The van der Waals surface area contributed by atoms with E-state index in [1.807, 2.05) is 12.1 Å². The van der Waals surface area contributed by atoms with Crippen molar-refractivity contribution in [3.8, 4) is 0 Å². The molecule has 1 aliphatic heterocycles. The lowest BCUT2D eigenvalue weighted by Gasteiger charge is -2.33. The van der Waals surface area contributed by atoms with Crippen LogP contribution in [-0.4, -0.2) is 39.0 Å². The topological polar surface area (TPSA) is 49.4 Å². The Balaban J connectivity index is 1.78. The zero-order chi connectivity index (χ0) is 17.4. The van der Waals surface area contributed by atoms with Crippen molar-refractivity contribution in [1.29, 1.82) is 0 Å². The number of hydrogen-bond donors (Lipinski definition) is 1. The van der Waals surface area contributed by atoms with E-state index in [2.05, 4.69) is 23.5 Å². The second-order valence-electron chi connectivity index (χ2n) is 6.88. The zero-order valence-corrected chi connectivity index (χ0v) is 15.9. The summed E-state index contributed by atoms with van der Waals surface area (Å²) in [5.41, 5.74) is 1.20. The average Bonchev–Trinajstić information content (AvgIpc) is 2.58. The Morgan fingerprint density at radius 1 is 1.17 bits per heavy atom. The van der Waals surface area contributed by atoms with Gasteiger partial charge >= 0.3 is 0 Å². The first-order chi connectivity index (χ1) is 11.5. The van der Waals surface area contributed by atoms with Crippen LogP contribution < -0.4 is 4.72 Å². The highest BCUT2D eigenvalue weighted by Crippen LogP contribution is 2.16. The van der Waals surface area contributed by atoms with Crippen molar-refractivity contribution < 1.29 is 8.42 Å². The molecule has 5 heteroatoms. The summed E-state index contributed by atoms with van der Waals surface area (Å²) in [6, 6.07) is 7.94. The van der Waals surface area contributed by atoms with Crippen molar-refractivity contribution >= 4 is 10.0 Å². The number of unbranched alkanes of at least 4 members (excludes halogenated alkanes) is 1. The van der Waals surface area contributed by atoms with Gasteiger partial charge in [0, 0.05) is 12.6 Å². The van der Waals surface area contributed by atoms with Gasteiger partial charge in [-0.05, 0) is 69.8 Å². The highest BCUT2D eigenvalue weighted by atomic mass is 32.2. The molecule has 0 radical (unpaired) electrons. The fraction of sp³-hybridized carbons (Fsp3) is 0.684. The van der Waals surface area contributed by atoms with Gasteiger partial charge in [0.1, 0.15) is 0 Å². The molecule has 0 bridgehead atoms. The van der Waals surface area contributed by atoms with Crippen LogP contribution in [0.15, 0.2) is 29.2 Å². The van der Waals surface area contributed by atoms with Gasteiger partial charge in [-0.2, -0.15) is 0 Å². The molecular weight excluding hydrogens is 320 g/mol. The fourth-order valence-electron chi connectivity index (χ4n) is 3.28. The van der Waals surface area contributed by atoms with Crippen LogP contribution in [0.3, 0.4) is 0 Å². The van der Waals surface area contributed by atoms with Crippen LogP contribution in [0.5, 0.6) is 0 Å². The van der Waals surface area contributed by atoms with Crippen LogP contribution in [0.2, 0.25) is 0 Å². The molecular formula is C19H32N2O2S. The number of nitrogens with one attached hydrogen (secondary N) is 1. The monoisotopic (exact) mass is 352 g/mol. The molecule has 1 aliphatic rings. The van der Waals surface area contributed by atoms with Crippen LogP contribution in [0.4, 0.5) is 0 Å². The van der Waals surface area contributed by atoms with E-state index in [-0.39, 0.29) is 0 Å². The summed E-state index contributed by atoms with van der Waals surface area (Å²) < 4.78 is 27.4. The van der Waals surface area contributed by atoms with E-state index < -0.39 is 10.0 Å². The minimum Gasteiger partial charge on any atom is -0.301 e. The summed E-state index contributed by atoms with van der Waals surface area (Å²) in [5, 5.41) is 0. The van der Waals surface area contributed by atoms with E-state index in [0.29, 0.717) is 17.5 Å². The van der Waals surface area contributed by atoms with Crippen LogP contribution in [0.25, 0.3) is 0 Å². The Morgan fingerprint density at radius 2 is 1.92 bits per heavy atom. The Hall–Kier alpha value is -0.910. The largest absolute Gasteiger partial charge is 0.301 e. The molecule has 2 rings (SSSR count). The predicted octanol–water partition coefficient (Wildman–Crippen LogP) is 3.57. The lowest BCUT2D eigenvalue weighted by atomic mass is 10.0. The molecule has 1 saturated heterocycles. The van der Waals surface area contributed by atoms with E-state index in [1.54, 1.807) is 12.1 Å². The molecule has 0 aliphatic carbocycles. The molecule has 0 amide bonds. The molecule has 1 unspecified atom stereocenters. The first-order valence-corrected chi connectivity index (χ1v) is 10.8. The average molecular weight is 353 g/mol. The second kappa shape index (κ2) is 9.54. The van der Waals surface area contributed by atoms with Gasteiger partial charge in [0.15, 0.2) is 0 Å². The number of hydrogen-bond acceptors (Lipinski definition) is 3. The number of nitrogens with zero attached hydrogens (tertiary/aromatic N) is 1. The molecule has 136 valence electrons. The molecule has 24 heavy (non-hydrogen) atoms. The van der Waals surface area contributed by atoms with Crippen molar-refractivity contribution in [3.05, 3.63) is 29.8 Å². The number of likely N-dealkylation sites (tertiary alicyclic amines) is 1. The molecule has 1 N–H and O–H groups in total. The molecule has 0 saturated carbocycles. The van der Waals surface area contributed by atoms with Gasteiger partial charge in [0.25, 0.3) is 0 Å². The maximum atomic E-state index is 12.3. The van der Waals surface area contributed by atoms with Crippen molar-refractivity contribution in [2.24, 2.45) is 0 Å². The Kier molecular flexibility index (Phi) is 7.72. The van der Waals surface area contributed by atoms with E-state index in [4.69, 9.17) is 0 Å². The van der Waals surface area contributed by atoms with Crippen LogP contribution in [0, 0.1) is 0 Å². The maximum absolute atomic E-state index is 12.3. The lowest BCUT2D eigenvalue weighted by Crippen LogP contribution is -2.39. The van der Waals surface area contributed by atoms with E-state index in [0.717, 1.165) is 38.8 Å². The number of benzene rings is 1. The van der Waals surface area contributed by atoms with Gasteiger partial charge in [0.2, 0.25) is 10.0 Å². The molecule has 1 heterocycles. The molecule has 0 aromatic heterocycles. The van der Waals surface area contributed by atoms with Gasteiger partial charge in [-0.15, -0.1) is 0 Å². The van der Waals surface area contributed by atoms with E-state index in [1.165, 1.54) is 24.8 Å². The summed E-state index contributed by atoms with van der Waals surface area (Å²) in [7, 11) is -3.38. The van der Waals surface area contributed by atoms with Crippen LogP contribution in [-0.2, 0) is 16.4 Å². The standard InChI is InChI=1S/C19H32N2O2S/c1-3-4-9-18-10-12-19(13-11-18)24(22,23)20-14-7-16-21-15-6-5-8-17(21)2/h10-13,17,20H,3-9,14-16H2,1-2H3. The number of aryl methyl sites for hydroxylation is 1. The Labute approximate surface area is 147 Å². The number of piperidine rings is 1. The van der Waals surface area contributed by atoms with Crippen molar-refractivity contribution in [2.75, 3.05) is 19.6 Å². The van der Waals surface area contributed by atoms with E-state index >= 15 is 0 Å². The van der Waals surface area contributed by atoms with Crippen LogP contribution in [0.1, 0.15) is 57.9 Å². The van der Waals surface area contributed by atoms with Crippen molar-refractivity contribution in [2.45, 2.75) is 69.7 Å². The quantitative estimate of drug-likeness (QED) is 0.691. The van der Waals surface area contributed by atoms with Crippen LogP contribution >= 0.6 is 0 Å². The van der Waals surface area contributed by atoms with Gasteiger partial charge in [-0.1, -0.05) is 31.9 Å². The van der Waals surface area contributed by atoms with Crippen molar-refractivity contribution in [1.82, 2.24) is 9.62 Å². The van der Waals surface area contributed by atoms with Gasteiger partial charge in [0.05, 0.1) is 4.90 Å². The minimum atomic E-state index is -3.38. The first-order valence-electron chi connectivity index (χ1n) is 9.35. The van der Waals surface area contributed by atoms with E-state index in [9.17, 15) is 8.42 Å². The summed E-state index contributed by atoms with van der Waals surface area (Å²) in [4.78, 5) is 2.84. The number of sulfonamides is 1. The third-order valence-electron chi connectivity index (χ3n) is 4.91. The molecule has 1 aromatic rings. The van der Waals surface area contributed by atoms with Gasteiger partial charge in [-0.25, -0.2) is 13.1 Å². The maximum Gasteiger partial charge on any atom is 0.240 e. The summed E-state index contributed by atoms with van der Waals surface area (Å²) in [6.07, 6.45) is 8.00. The highest BCUT2D eigenvalue weighted by Gasteiger charge is 2.18. The third-order valence-corrected chi connectivity index (χ3v) is 6.38. The molecule has 1 atom stereocenters. The normalized spacial score (nSPS) is 19.5. The van der Waals surface area contributed by atoms with Crippen molar-refractivity contribution in [3.63, 3.8) is 0 Å². The predicted molar refractivity (Wildman–Crippen MR) is 99.7 cm³/mol. The van der Waals surface area contributed by atoms with Gasteiger partial charge in [-0.3, -0.25) is 0 Å². The minimum absolute atomic E-state index is 0.370. The zero-order valence-electron chi connectivity index (χ0n) is 15.1. The molecule has 1 fully saturated rings. The fourth-order valence-corrected chi connectivity index (χ4v) is 4.35. The lowest BCUT2D eigenvalue weighted by molar-refractivity contribution is 0.159. The highest BCUT2D eigenvalue weighted by molar-refractivity contribution is 7.89. The Morgan fingerprint density at radius 3 is 2.58 bits per heavy atom. The summed E-state index contributed by atoms with van der Waals surface area (Å²) >= 11 is 0. The second-order valence-corrected chi connectivity index (χ2v) is 8.65. The summed E-state index contributed by atoms with van der Waals surface area (Å²) in [5.74, 6) is 0. The molecule has 0 spiro atoms. The third kappa shape index (κ3) is 5.87. The van der Waals surface area contributed by atoms with Gasteiger partial charge < -0.3 is 4.90 Å². The SMILES string of the molecule is CCCCc1ccc(S(=O)(=O)NCCCN2CCCCC2C)cc1.